The van der Waals surface area contributed by atoms with Gasteiger partial charge in [-0.05, 0) is 43.3 Å². The van der Waals surface area contributed by atoms with Crippen molar-refractivity contribution in [3.63, 3.8) is 0 Å². The molecule has 164 valence electrons. The first kappa shape index (κ1) is 21.5. The summed E-state index contributed by atoms with van der Waals surface area (Å²) in [4.78, 5) is 16.9. The second-order valence-electron chi connectivity index (χ2n) is 7.49. The standard InChI is InChI=1S/C25H23F2N3O2/c1-17-6-8-21(9-7-17)32-13-12-30-23-5-3-2-4-22(23)29-24(30)10-11-28-25(31)18-14-19(26)16-20(27)15-18/h2-9,14-16H,10-13H2,1H3,(H,28,31). The Morgan fingerprint density at radius 1 is 1.03 bits per heavy atom. The quantitative estimate of drug-likeness (QED) is 0.437. The van der Waals surface area contributed by atoms with Crippen LogP contribution in [0.2, 0.25) is 0 Å². The Labute approximate surface area is 184 Å². The molecule has 1 N–H and O–H groups in total. The zero-order valence-corrected chi connectivity index (χ0v) is 17.6. The van der Waals surface area contributed by atoms with E-state index in [0.717, 1.165) is 40.8 Å². The maximum Gasteiger partial charge on any atom is 0.251 e. The number of ether oxygens (including phenoxy) is 1. The van der Waals surface area contributed by atoms with E-state index in [1.54, 1.807) is 0 Å². The van der Waals surface area contributed by atoms with Gasteiger partial charge in [0.2, 0.25) is 0 Å². The normalized spacial score (nSPS) is 11.0. The number of benzene rings is 3. The number of aromatic nitrogens is 2. The summed E-state index contributed by atoms with van der Waals surface area (Å²) in [5, 5.41) is 2.70. The SMILES string of the molecule is Cc1ccc(OCCn2c(CCNC(=O)c3cc(F)cc(F)c3)nc3ccccc32)cc1. The van der Waals surface area contributed by atoms with Crippen LogP contribution >= 0.6 is 0 Å². The van der Waals surface area contributed by atoms with E-state index in [-0.39, 0.29) is 12.1 Å². The van der Waals surface area contributed by atoms with Crippen molar-refractivity contribution in [1.82, 2.24) is 14.9 Å². The van der Waals surface area contributed by atoms with E-state index in [0.29, 0.717) is 19.6 Å². The summed E-state index contributed by atoms with van der Waals surface area (Å²) in [5.74, 6) is -0.509. The lowest BCUT2D eigenvalue weighted by Crippen LogP contribution is -2.27. The van der Waals surface area contributed by atoms with Crippen LogP contribution in [0.1, 0.15) is 21.7 Å². The number of nitrogens with one attached hydrogen (secondary N) is 1. The highest BCUT2D eigenvalue weighted by Gasteiger charge is 2.13. The summed E-state index contributed by atoms with van der Waals surface area (Å²) in [6.45, 7) is 3.36. The third-order valence-electron chi connectivity index (χ3n) is 5.10. The Hall–Kier alpha value is -3.74. The fourth-order valence-electron chi connectivity index (χ4n) is 3.53. The van der Waals surface area contributed by atoms with Gasteiger partial charge in [-0.3, -0.25) is 4.79 Å². The Balaban J connectivity index is 1.42. The average Bonchev–Trinajstić information content (AvgIpc) is 3.12. The topological polar surface area (TPSA) is 56.1 Å². The van der Waals surface area contributed by atoms with E-state index >= 15 is 0 Å². The van der Waals surface area contributed by atoms with Gasteiger partial charge in [0.05, 0.1) is 17.6 Å². The molecule has 0 saturated carbocycles. The lowest BCUT2D eigenvalue weighted by atomic mass is 10.2. The number of para-hydroxylation sites is 2. The summed E-state index contributed by atoms with van der Waals surface area (Å²) >= 11 is 0. The first-order chi connectivity index (χ1) is 15.5. The molecule has 7 heteroatoms. The third kappa shape index (κ3) is 5.11. The maximum absolute atomic E-state index is 13.4. The molecule has 0 fully saturated rings. The van der Waals surface area contributed by atoms with E-state index in [1.165, 1.54) is 5.56 Å². The van der Waals surface area contributed by atoms with Crippen LogP contribution in [0.25, 0.3) is 11.0 Å². The zero-order chi connectivity index (χ0) is 22.5. The minimum absolute atomic E-state index is 0.0532. The molecule has 1 heterocycles. The molecule has 0 unspecified atom stereocenters. The third-order valence-corrected chi connectivity index (χ3v) is 5.10. The lowest BCUT2D eigenvalue weighted by molar-refractivity contribution is 0.0953. The molecule has 0 bridgehead atoms. The second-order valence-corrected chi connectivity index (χ2v) is 7.49. The fourth-order valence-corrected chi connectivity index (χ4v) is 3.53. The second kappa shape index (κ2) is 9.60. The highest BCUT2D eigenvalue weighted by Crippen LogP contribution is 2.17. The van der Waals surface area contributed by atoms with E-state index < -0.39 is 17.5 Å². The van der Waals surface area contributed by atoms with E-state index in [4.69, 9.17) is 4.74 Å². The van der Waals surface area contributed by atoms with Crippen molar-refractivity contribution in [3.8, 4) is 5.75 Å². The van der Waals surface area contributed by atoms with Gasteiger partial charge in [-0.1, -0.05) is 29.8 Å². The molecule has 4 rings (SSSR count). The molecule has 1 amide bonds. The maximum atomic E-state index is 13.4. The first-order valence-corrected chi connectivity index (χ1v) is 10.4. The first-order valence-electron chi connectivity index (χ1n) is 10.4. The van der Waals surface area contributed by atoms with Gasteiger partial charge in [0.1, 0.15) is 29.8 Å². The van der Waals surface area contributed by atoms with Crippen LogP contribution in [-0.2, 0) is 13.0 Å². The van der Waals surface area contributed by atoms with Crippen LogP contribution in [0.3, 0.4) is 0 Å². The number of rotatable bonds is 8. The molecular formula is C25H23F2N3O2. The minimum atomic E-state index is -0.787. The number of hydrogen-bond donors (Lipinski definition) is 1. The molecule has 0 aliphatic rings. The summed E-state index contributed by atoms with van der Waals surface area (Å²) in [7, 11) is 0. The van der Waals surface area contributed by atoms with Crippen LogP contribution in [0.15, 0.2) is 66.7 Å². The van der Waals surface area contributed by atoms with Gasteiger partial charge < -0.3 is 14.6 Å². The molecule has 1 aromatic heterocycles. The Kier molecular flexibility index (Phi) is 6.44. The monoisotopic (exact) mass is 435 g/mol. The molecule has 4 aromatic rings. The van der Waals surface area contributed by atoms with Crippen molar-refractivity contribution in [3.05, 3.63) is 95.3 Å². The van der Waals surface area contributed by atoms with E-state index in [2.05, 4.69) is 14.9 Å². The number of amides is 1. The molecule has 0 spiro atoms. The van der Waals surface area contributed by atoms with Crippen molar-refractivity contribution in [2.75, 3.05) is 13.2 Å². The van der Waals surface area contributed by atoms with Crippen LogP contribution < -0.4 is 10.1 Å². The number of carbonyl (C=O) groups excluding carboxylic acids is 1. The van der Waals surface area contributed by atoms with Crippen LogP contribution in [0.4, 0.5) is 8.78 Å². The Morgan fingerprint density at radius 2 is 1.75 bits per heavy atom. The van der Waals surface area contributed by atoms with Crippen LogP contribution in [-0.4, -0.2) is 28.6 Å². The molecule has 5 nitrogen and oxygen atoms in total. The minimum Gasteiger partial charge on any atom is -0.492 e. The van der Waals surface area contributed by atoms with Gasteiger partial charge in [-0.2, -0.15) is 0 Å². The number of aryl methyl sites for hydroxylation is 1. The van der Waals surface area contributed by atoms with Gasteiger partial charge in [0.25, 0.3) is 5.91 Å². The van der Waals surface area contributed by atoms with Crippen LogP contribution in [0, 0.1) is 18.6 Å². The predicted molar refractivity (Wildman–Crippen MR) is 119 cm³/mol. The highest BCUT2D eigenvalue weighted by atomic mass is 19.1. The zero-order valence-electron chi connectivity index (χ0n) is 17.6. The van der Waals surface area contributed by atoms with E-state index in [9.17, 15) is 13.6 Å². The van der Waals surface area contributed by atoms with Crippen molar-refractivity contribution in [1.29, 1.82) is 0 Å². The van der Waals surface area contributed by atoms with Crippen molar-refractivity contribution >= 4 is 16.9 Å². The molecule has 0 saturated heterocycles. The molecule has 0 aliphatic heterocycles. The Morgan fingerprint density at radius 3 is 2.50 bits per heavy atom. The number of carbonyl (C=O) groups is 1. The van der Waals surface area contributed by atoms with E-state index in [1.807, 2.05) is 55.5 Å². The number of nitrogens with zero attached hydrogens (tertiary/aromatic N) is 2. The average molecular weight is 435 g/mol. The molecule has 3 aromatic carbocycles. The molecule has 0 atom stereocenters. The van der Waals surface area contributed by atoms with Crippen molar-refractivity contribution in [2.24, 2.45) is 0 Å². The molecule has 0 radical (unpaired) electrons. The van der Waals surface area contributed by atoms with Gasteiger partial charge in [-0.25, -0.2) is 13.8 Å². The largest absolute Gasteiger partial charge is 0.492 e. The van der Waals surface area contributed by atoms with Gasteiger partial charge >= 0.3 is 0 Å². The summed E-state index contributed by atoms with van der Waals surface area (Å²) in [6, 6.07) is 18.4. The molecule has 32 heavy (non-hydrogen) atoms. The number of fused-ring (bicyclic) bond motifs is 1. The molecule has 0 aliphatic carbocycles. The summed E-state index contributed by atoms with van der Waals surface area (Å²) in [5.41, 5.74) is 2.95. The number of hydrogen-bond acceptors (Lipinski definition) is 3. The number of imidazole rings is 1. The van der Waals surface area contributed by atoms with Crippen LogP contribution in [0.5, 0.6) is 5.75 Å². The van der Waals surface area contributed by atoms with Gasteiger partial charge in [0, 0.05) is 24.6 Å². The highest BCUT2D eigenvalue weighted by molar-refractivity contribution is 5.94. The molecular weight excluding hydrogens is 412 g/mol. The summed E-state index contributed by atoms with van der Waals surface area (Å²) in [6.07, 6.45) is 0.461. The van der Waals surface area contributed by atoms with Crippen molar-refractivity contribution < 1.29 is 18.3 Å². The predicted octanol–water partition coefficient (Wildman–Crippen LogP) is 4.67. The Bertz CT molecular complexity index is 1220. The summed E-state index contributed by atoms with van der Waals surface area (Å²) < 4.78 is 34.7. The smallest absolute Gasteiger partial charge is 0.251 e. The van der Waals surface area contributed by atoms with Gasteiger partial charge in [0.15, 0.2) is 0 Å². The van der Waals surface area contributed by atoms with Gasteiger partial charge in [-0.15, -0.1) is 0 Å². The number of halogens is 2. The van der Waals surface area contributed by atoms with Crippen molar-refractivity contribution in [2.45, 2.75) is 19.9 Å². The lowest BCUT2D eigenvalue weighted by Gasteiger charge is -2.11. The fraction of sp³-hybridized carbons (Fsp3) is 0.200.